The summed E-state index contributed by atoms with van der Waals surface area (Å²) < 4.78 is 0. The summed E-state index contributed by atoms with van der Waals surface area (Å²) in [5.41, 5.74) is 2.22. The molecule has 3 amide bonds. The smallest absolute Gasteiger partial charge is 0.319 e. The van der Waals surface area contributed by atoms with Gasteiger partial charge in [0.2, 0.25) is 5.91 Å². The van der Waals surface area contributed by atoms with Gasteiger partial charge in [0.05, 0.1) is 6.04 Å². The van der Waals surface area contributed by atoms with Crippen LogP contribution in [0.4, 0.5) is 16.2 Å². The van der Waals surface area contributed by atoms with E-state index in [1.807, 2.05) is 25.1 Å². The highest BCUT2D eigenvalue weighted by atomic mass is 35.5. The summed E-state index contributed by atoms with van der Waals surface area (Å²) in [7, 11) is 0. The van der Waals surface area contributed by atoms with Gasteiger partial charge in [-0.15, -0.1) is 0 Å². The first-order valence-corrected chi connectivity index (χ1v) is 8.63. The topological polar surface area (TPSA) is 70.2 Å². The van der Waals surface area contributed by atoms with Crippen molar-refractivity contribution in [2.45, 2.75) is 25.8 Å². The van der Waals surface area contributed by atoms with Gasteiger partial charge >= 0.3 is 6.03 Å². The summed E-state index contributed by atoms with van der Waals surface area (Å²) in [5, 5.41) is 9.14. The lowest BCUT2D eigenvalue weighted by Gasteiger charge is -2.16. The molecular formula is C19H20ClN3O2. The maximum atomic E-state index is 12.2. The van der Waals surface area contributed by atoms with Gasteiger partial charge in [-0.25, -0.2) is 4.79 Å². The molecule has 5 nitrogen and oxygen atoms in total. The molecule has 3 N–H and O–H groups in total. The van der Waals surface area contributed by atoms with Gasteiger partial charge in [0, 0.05) is 22.3 Å². The average molecular weight is 358 g/mol. The van der Waals surface area contributed by atoms with E-state index in [2.05, 4.69) is 16.0 Å². The van der Waals surface area contributed by atoms with Gasteiger partial charge in [-0.3, -0.25) is 4.79 Å². The van der Waals surface area contributed by atoms with Crippen molar-refractivity contribution >= 4 is 34.9 Å². The normalized spacial score (nSPS) is 14.5. The maximum absolute atomic E-state index is 12.2. The van der Waals surface area contributed by atoms with Crippen molar-refractivity contribution in [3.8, 4) is 0 Å². The fourth-order valence-corrected chi connectivity index (χ4v) is 2.69. The van der Waals surface area contributed by atoms with Crippen molar-refractivity contribution in [1.82, 2.24) is 5.32 Å². The predicted octanol–water partition coefficient (Wildman–Crippen LogP) is 4.57. The van der Waals surface area contributed by atoms with Gasteiger partial charge in [-0.1, -0.05) is 29.8 Å². The number of urea groups is 1. The lowest BCUT2D eigenvalue weighted by atomic mass is 10.1. The molecule has 0 saturated heterocycles. The zero-order valence-corrected chi connectivity index (χ0v) is 14.6. The summed E-state index contributed by atoms with van der Waals surface area (Å²) in [5.74, 6) is 0.176. The van der Waals surface area contributed by atoms with E-state index < -0.39 is 0 Å². The second-order valence-electron chi connectivity index (χ2n) is 6.22. The first kappa shape index (κ1) is 17.3. The highest BCUT2D eigenvalue weighted by molar-refractivity contribution is 6.30. The molecule has 6 heteroatoms. The number of benzene rings is 2. The molecule has 1 fully saturated rings. The number of hydrogen-bond donors (Lipinski definition) is 3. The van der Waals surface area contributed by atoms with Crippen molar-refractivity contribution in [3.63, 3.8) is 0 Å². The molecule has 0 spiro atoms. The van der Waals surface area contributed by atoms with Crippen LogP contribution in [0.15, 0.2) is 48.5 Å². The molecule has 0 heterocycles. The number of hydrogen-bond acceptors (Lipinski definition) is 2. The fourth-order valence-electron chi connectivity index (χ4n) is 2.49. The molecule has 25 heavy (non-hydrogen) atoms. The van der Waals surface area contributed by atoms with E-state index >= 15 is 0 Å². The van der Waals surface area contributed by atoms with Gasteiger partial charge in [-0.05, 0) is 55.7 Å². The highest BCUT2D eigenvalue weighted by Gasteiger charge is 2.29. The van der Waals surface area contributed by atoms with Gasteiger partial charge in [0.1, 0.15) is 0 Å². The van der Waals surface area contributed by atoms with E-state index in [0.29, 0.717) is 16.4 Å². The Balaban J connectivity index is 1.57. The Labute approximate surface area is 151 Å². The molecule has 0 bridgehead atoms. The Morgan fingerprint density at radius 3 is 2.40 bits per heavy atom. The summed E-state index contributed by atoms with van der Waals surface area (Å²) in [6, 6.07) is 14.0. The molecule has 130 valence electrons. The lowest BCUT2D eigenvalue weighted by molar-refractivity contribution is -0.117. The fraction of sp³-hybridized carbons (Fsp3) is 0.263. The van der Waals surface area contributed by atoms with Crippen LogP contribution in [-0.4, -0.2) is 11.9 Å². The van der Waals surface area contributed by atoms with Crippen LogP contribution in [0.3, 0.4) is 0 Å². The second kappa shape index (κ2) is 7.57. The molecule has 0 aromatic heterocycles. The number of carbonyl (C=O) groups excluding carboxylic acids is 2. The van der Waals surface area contributed by atoms with Crippen LogP contribution in [0, 0.1) is 5.92 Å². The monoisotopic (exact) mass is 357 g/mol. The van der Waals surface area contributed by atoms with E-state index in [-0.39, 0.29) is 23.9 Å². The number of amides is 3. The van der Waals surface area contributed by atoms with Gasteiger partial charge in [0.25, 0.3) is 0 Å². The quantitative estimate of drug-likeness (QED) is 0.733. The summed E-state index contributed by atoms with van der Waals surface area (Å²) in [6.45, 7) is 1.89. The van der Waals surface area contributed by atoms with E-state index in [1.165, 1.54) is 0 Å². The van der Waals surface area contributed by atoms with Crippen LogP contribution in [0.25, 0.3) is 0 Å². The van der Waals surface area contributed by atoms with Crippen molar-refractivity contribution in [1.29, 1.82) is 0 Å². The van der Waals surface area contributed by atoms with Gasteiger partial charge in [-0.2, -0.15) is 0 Å². The Morgan fingerprint density at radius 1 is 1.04 bits per heavy atom. The van der Waals surface area contributed by atoms with E-state index in [4.69, 9.17) is 11.6 Å². The Morgan fingerprint density at radius 2 is 1.72 bits per heavy atom. The third kappa shape index (κ3) is 4.97. The second-order valence-corrected chi connectivity index (χ2v) is 6.66. The Kier molecular flexibility index (Phi) is 5.24. The minimum atomic E-state index is -0.321. The van der Waals surface area contributed by atoms with E-state index in [9.17, 15) is 9.59 Å². The third-order valence-electron chi connectivity index (χ3n) is 4.03. The first-order valence-electron chi connectivity index (χ1n) is 8.25. The van der Waals surface area contributed by atoms with Crippen molar-refractivity contribution in [2.24, 2.45) is 5.92 Å². The molecule has 1 atom stereocenters. The van der Waals surface area contributed by atoms with Crippen LogP contribution in [0.1, 0.15) is 31.4 Å². The van der Waals surface area contributed by atoms with Crippen molar-refractivity contribution < 1.29 is 9.59 Å². The van der Waals surface area contributed by atoms with Crippen LogP contribution in [0.5, 0.6) is 0 Å². The minimum Gasteiger partial charge on any atom is -0.331 e. The highest BCUT2D eigenvalue weighted by Crippen LogP contribution is 2.30. The van der Waals surface area contributed by atoms with Crippen LogP contribution < -0.4 is 16.0 Å². The summed E-state index contributed by atoms with van der Waals surface area (Å²) in [6.07, 6.45) is 1.90. The molecule has 1 aliphatic carbocycles. The largest absolute Gasteiger partial charge is 0.331 e. The Hall–Kier alpha value is -2.53. The molecule has 0 aliphatic heterocycles. The molecular weight excluding hydrogens is 338 g/mol. The minimum absolute atomic E-state index is 0.0381. The van der Waals surface area contributed by atoms with E-state index in [1.54, 1.807) is 30.3 Å². The number of rotatable bonds is 5. The maximum Gasteiger partial charge on any atom is 0.319 e. The molecule has 1 aliphatic rings. The zero-order valence-electron chi connectivity index (χ0n) is 13.9. The summed E-state index contributed by atoms with van der Waals surface area (Å²) >= 11 is 5.98. The SMILES string of the molecule is C[C@@H](NC(=O)Nc1cccc(NC(=O)C2CC2)c1)c1cccc(Cl)c1. The van der Waals surface area contributed by atoms with Crippen LogP contribution >= 0.6 is 11.6 Å². The number of nitrogens with one attached hydrogen (secondary N) is 3. The standard InChI is InChI=1S/C19H20ClN3O2/c1-12(14-4-2-5-15(20)10-14)21-19(25)23-17-7-3-6-16(11-17)22-18(24)13-8-9-13/h2-7,10-13H,8-9H2,1H3,(H,22,24)(H2,21,23,25)/t12-/m1/s1. The predicted molar refractivity (Wildman–Crippen MR) is 99.8 cm³/mol. The zero-order chi connectivity index (χ0) is 17.8. The number of halogens is 1. The molecule has 2 aromatic rings. The molecule has 2 aromatic carbocycles. The molecule has 0 unspecified atom stereocenters. The molecule has 1 saturated carbocycles. The first-order chi connectivity index (χ1) is 12.0. The average Bonchev–Trinajstić information content (AvgIpc) is 3.40. The lowest BCUT2D eigenvalue weighted by Crippen LogP contribution is -2.31. The van der Waals surface area contributed by atoms with E-state index in [0.717, 1.165) is 18.4 Å². The molecule has 0 radical (unpaired) electrons. The van der Waals surface area contributed by atoms with Gasteiger partial charge in [0.15, 0.2) is 0 Å². The molecule has 3 rings (SSSR count). The van der Waals surface area contributed by atoms with Crippen molar-refractivity contribution in [3.05, 3.63) is 59.1 Å². The Bertz CT molecular complexity index is 790. The summed E-state index contributed by atoms with van der Waals surface area (Å²) in [4.78, 5) is 24.0. The number of anilines is 2. The van der Waals surface area contributed by atoms with Crippen LogP contribution in [0.2, 0.25) is 5.02 Å². The van der Waals surface area contributed by atoms with Gasteiger partial charge < -0.3 is 16.0 Å². The third-order valence-corrected chi connectivity index (χ3v) is 4.27. The van der Waals surface area contributed by atoms with Crippen LogP contribution in [-0.2, 0) is 4.79 Å². The number of carbonyl (C=O) groups is 2. The van der Waals surface area contributed by atoms with Crippen molar-refractivity contribution in [2.75, 3.05) is 10.6 Å².